The highest BCUT2D eigenvalue weighted by molar-refractivity contribution is 6.31. The number of amides is 1. The van der Waals surface area contributed by atoms with E-state index in [-0.39, 0.29) is 5.91 Å². The molecule has 0 saturated heterocycles. The third-order valence-corrected chi connectivity index (χ3v) is 5.15. The molecule has 0 fully saturated rings. The van der Waals surface area contributed by atoms with Crippen molar-refractivity contribution in [1.82, 2.24) is 14.5 Å². The Morgan fingerprint density at radius 1 is 1.20 bits per heavy atom. The zero-order valence-corrected chi connectivity index (χ0v) is 17.9. The molecule has 1 aromatic heterocycles. The topological polar surface area (TPSA) is 82.3 Å². The monoisotopic (exact) mass is 429 g/mol. The predicted molar refractivity (Wildman–Crippen MR) is 118 cm³/mol. The van der Waals surface area contributed by atoms with Crippen LogP contribution in [0.3, 0.4) is 0 Å². The SMILES string of the molecule is CC[C@H](C(=O)NCCOC)n1c(=O)n(-c2cccc(C)c2)c(=O)c2ccc(Cl)cc21. The standard InChI is InChI=1S/C22H24ClN3O4/c1-4-18(20(27)24-10-11-30-3)26-19-13-15(23)8-9-17(19)21(28)25(22(26)29)16-7-5-6-14(2)12-16/h5-9,12-13,18H,4,10-11H2,1-3H3,(H,24,27)/t18-/m1/s1. The summed E-state index contributed by atoms with van der Waals surface area (Å²) in [4.78, 5) is 39.6. The van der Waals surface area contributed by atoms with Crippen molar-refractivity contribution in [3.8, 4) is 5.69 Å². The number of carbonyl (C=O) groups is 1. The van der Waals surface area contributed by atoms with Gasteiger partial charge in [-0.1, -0.05) is 30.7 Å². The number of rotatable bonds is 7. The number of methoxy groups -OCH3 is 1. The van der Waals surface area contributed by atoms with Crippen molar-refractivity contribution in [2.75, 3.05) is 20.3 Å². The number of fused-ring (bicyclic) bond motifs is 1. The summed E-state index contributed by atoms with van der Waals surface area (Å²) < 4.78 is 7.44. The van der Waals surface area contributed by atoms with E-state index >= 15 is 0 Å². The summed E-state index contributed by atoms with van der Waals surface area (Å²) in [7, 11) is 1.54. The first kappa shape index (κ1) is 21.8. The van der Waals surface area contributed by atoms with E-state index in [4.69, 9.17) is 16.3 Å². The molecule has 3 rings (SSSR count). The van der Waals surface area contributed by atoms with Gasteiger partial charge in [0.25, 0.3) is 5.56 Å². The van der Waals surface area contributed by atoms with Crippen LogP contribution in [0.15, 0.2) is 52.1 Å². The molecule has 0 saturated carbocycles. The molecule has 1 heterocycles. The van der Waals surface area contributed by atoms with Gasteiger partial charge in [0.1, 0.15) is 6.04 Å². The Labute approximate surface area is 178 Å². The Kier molecular flexibility index (Phi) is 6.74. The maximum absolute atomic E-state index is 13.5. The maximum atomic E-state index is 13.5. The second kappa shape index (κ2) is 9.28. The van der Waals surface area contributed by atoms with Crippen LogP contribution in [0.2, 0.25) is 5.02 Å². The lowest BCUT2D eigenvalue weighted by atomic mass is 10.1. The fourth-order valence-corrected chi connectivity index (χ4v) is 3.64. The minimum Gasteiger partial charge on any atom is -0.383 e. The summed E-state index contributed by atoms with van der Waals surface area (Å²) in [5.41, 5.74) is 0.642. The molecule has 1 atom stereocenters. The molecule has 3 aromatic rings. The van der Waals surface area contributed by atoms with E-state index in [2.05, 4.69) is 5.32 Å². The highest BCUT2D eigenvalue weighted by Crippen LogP contribution is 2.21. The predicted octanol–water partition coefficient (Wildman–Crippen LogP) is 2.83. The first-order valence-electron chi connectivity index (χ1n) is 9.69. The summed E-state index contributed by atoms with van der Waals surface area (Å²) in [6.45, 7) is 4.36. The molecule has 0 radical (unpaired) electrons. The van der Waals surface area contributed by atoms with E-state index in [0.717, 1.165) is 10.1 Å². The number of ether oxygens (including phenoxy) is 1. The highest BCUT2D eigenvalue weighted by atomic mass is 35.5. The smallest absolute Gasteiger partial charge is 0.336 e. The molecule has 0 aliphatic carbocycles. The third kappa shape index (κ3) is 4.17. The number of nitrogens with zero attached hydrogens (tertiary/aromatic N) is 2. The molecule has 30 heavy (non-hydrogen) atoms. The van der Waals surface area contributed by atoms with Gasteiger partial charge in [0.2, 0.25) is 5.91 Å². The summed E-state index contributed by atoms with van der Waals surface area (Å²) in [5.74, 6) is -0.327. The van der Waals surface area contributed by atoms with Gasteiger partial charge in [-0.25, -0.2) is 9.36 Å². The van der Waals surface area contributed by atoms with E-state index in [1.807, 2.05) is 19.9 Å². The van der Waals surface area contributed by atoms with E-state index in [1.165, 1.54) is 4.57 Å². The van der Waals surface area contributed by atoms with Crippen LogP contribution >= 0.6 is 11.6 Å². The minimum atomic E-state index is -0.813. The first-order chi connectivity index (χ1) is 14.4. The van der Waals surface area contributed by atoms with Gasteiger partial charge >= 0.3 is 5.69 Å². The molecule has 0 bridgehead atoms. The lowest BCUT2D eigenvalue weighted by Crippen LogP contribution is -2.44. The van der Waals surface area contributed by atoms with Gasteiger partial charge in [-0.3, -0.25) is 14.2 Å². The third-order valence-electron chi connectivity index (χ3n) is 4.92. The normalized spacial score (nSPS) is 12.1. The molecule has 7 nitrogen and oxygen atoms in total. The summed E-state index contributed by atoms with van der Waals surface area (Å²) in [6.07, 6.45) is 0.354. The Bertz CT molecular complexity index is 1200. The second-order valence-electron chi connectivity index (χ2n) is 7.00. The average Bonchev–Trinajstić information content (AvgIpc) is 2.71. The lowest BCUT2D eigenvalue weighted by Gasteiger charge is -2.22. The Morgan fingerprint density at radius 2 is 1.97 bits per heavy atom. The van der Waals surface area contributed by atoms with Crippen LogP contribution in [0, 0.1) is 6.92 Å². The molecule has 1 amide bonds. The van der Waals surface area contributed by atoms with E-state index in [0.29, 0.717) is 41.2 Å². The van der Waals surface area contributed by atoms with Gasteiger partial charge < -0.3 is 10.1 Å². The molecule has 0 spiro atoms. The highest BCUT2D eigenvalue weighted by Gasteiger charge is 2.25. The van der Waals surface area contributed by atoms with Gasteiger partial charge in [-0.15, -0.1) is 0 Å². The number of aryl methyl sites for hydroxylation is 1. The van der Waals surface area contributed by atoms with E-state index in [1.54, 1.807) is 43.5 Å². The van der Waals surface area contributed by atoms with Crippen molar-refractivity contribution in [1.29, 1.82) is 0 Å². The lowest BCUT2D eigenvalue weighted by molar-refractivity contribution is -0.124. The Hall–Kier alpha value is -2.90. The van der Waals surface area contributed by atoms with Crippen molar-refractivity contribution in [2.45, 2.75) is 26.3 Å². The average molecular weight is 430 g/mol. The van der Waals surface area contributed by atoms with Gasteiger partial charge in [-0.05, 0) is 49.2 Å². The molecule has 158 valence electrons. The maximum Gasteiger partial charge on any atom is 0.336 e. The zero-order valence-electron chi connectivity index (χ0n) is 17.1. The number of hydrogen-bond donors (Lipinski definition) is 1. The van der Waals surface area contributed by atoms with Crippen LogP contribution in [-0.4, -0.2) is 35.3 Å². The van der Waals surface area contributed by atoms with Crippen LogP contribution in [0.1, 0.15) is 24.9 Å². The van der Waals surface area contributed by atoms with Gasteiger partial charge in [0, 0.05) is 18.7 Å². The van der Waals surface area contributed by atoms with Gasteiger partial charge in [0.15, 0.2) is 0 Å². The van der Waals surface area contributed by atoms with Crippen LogP contribution in [-0.2, 0) is 9.53 Å². The van der Waals surface area contributed by atoms with E-state index in [9.17, 15) is 14.4 Å². The number of aromatic nitrogens is 2. The molecule has 2 aromatic carbocycles. The molecule has 1 N–H and O–H groups in total. The summed E-state index contributed by atoms with van der Waals surface area (Å²) in [5, 5.41) is 3.46. The van der Waals surface area contributed by atoms with Crippen molar-refractivity contribution in [2.24, 2.45) is 0 Å². The van der Waals surface area contributed by atoms with Crippen LogP contribution < -0.4 is 16.6 Å². The van der Waals surface area contributed by atoms with Crippen molar-refractivity contribution in [3.63, 3.8) is 0 Å². The summed E-state index contributed by atoms with van der Waals surface area (Å²) in [6, 6.07) is 11.0. The van der Waals surface area contributed by atoms with Crippen molar-refractivity contribution >= 4 is 28.4 Å². The zero-order chi connectivity index (χ0) is 21.8. The minimum absolute atomic E-state index is 0.309. The quantitative estimate of drug-likeness (QED) is 0.585. The summed E-state index contributed by atoms with van der Waals surface area (Å²) >= 11 is 6.16. The fraction of sp³-hybridized carbons (Fsp3) is 0.318. The van der Waals surface area contributed by atoms with Crippen molar-refractivity contribution < 1.29 is 9.53 Å². The molecule has 0 aliphatic rings. The van der Waals surface area contributed by atoms with Crippen LogP contribution in [0.4, 0.5) is 0 Å². The Morgan fingerprint density at radius 3 is 2.63 bits per heavy atom. The second-order valence-corrected chi connectivity index (χ2v) is 7.44. The van der Waals surface area contributed by atoms with Crippen molar-refractivity contribution in [3.05, 3.63) is 73.9 Å². The van der Waals surface area contributed by atoms with Gasteiger partial charge in [-0.2, -0.15) is 0 Å². The number of benzene rings is 2. The molecule has 0 aliphatic heterocycles. The number of hydrogen-bond acceptors (Lipinski definition) is 4. The number of carbonyl (C=O) groups excluding carboxylic acids is 1. The van der Waals surface area contributed by atoms with Crippen LogP contribution in [0.5, 0.6) is 0 Å². The Balaban J connectivity index is 2.31. The molecular weight excluding hydrogens is 406 g/mol. The number of halogens is 1. The fourth-order valence-electron chi connectivity index (χ4n) is 3.48. The largest absolute Gasteiger partial charge is 0.383 e. The molecule has 8 heteroatoms. The van der Waals surface area contributed by atoms with Crippen LogP contribution in [0.25, 0.3) is 16.6 Å². The van der Waals surface area contributed by atoms with E-state index < -0.39 is 17.3 Å². The molecule has 0 unspecified atom stereocenters. The first-order valence-corrected chi connectivity index (χ1v) is 10.1. The molecular formula is C22H24ClN3O4. The van der Waals surface area contributed by atoms with Gasteiger partial charge in [0.05, 0.1) is 23.2 Å². The number of nitrogens with one attached hydrogen (secondary N) is 1.